The van der Waals surface area contributed by atoms with E-state index in [1.807, 2.05) is 0 Å². The lowest BCUT2D eigenvalue weighted by Crippen LogP contribution is -1.93. The quantitative estimate of drug-likeness (QED) is 0.569. The Labute approximate surface area is 96.1 Å². The normalized spacial score (nSPS) is 10.6. The SMILES string of the molecule is Cc1c(Cl)nc2nc(C=O)ccc2c1Cl. The molecule has 0 N–H and O–H groups in total. The number of carbonyl (C=O) groups is 1. The summed E-state index contributed by atoms with van der Waals surface area (Å²) in [6.45, 7) is 1.78. The molecule has 15 heavy (non-hydrogen) atoms. The maximum atomic E-state index is 10.5. The van der Waals surface area contributed by atoms with Crippen molar-refractivity contribution >= 4 is 40.5 Å². The molecule has 0 amide bonds. The molecule has 0 fully saturated rings. The molecule has 5 heteroatoms. The lowest BCUT2D eigenvalue weighted by Gasteiger charge is -2.04. The lowest BCUT2D eigenvalue weighted by molar-refractivity contribution is 0.111. The summed E-state index contributed by atoms with van der Waals surface area (Å²) in [5, 5.41) is 1.53. The first kappa shape index (κ1) is 10.3. The number of pyridine rings is 2. The minimum atomic E-state index is 0.308. The fourth-order valence-corrected chi connectivity index (χ4v) is 1.71. The van der Waals surface area contributed by atoms with Gasteiger partial charge in [-0.2, -0.15) is 0 Å². The van der Waals surface area contributed by atoms with E-state index in [1.54, 1.807) is 19.1 Å². The number of hydrogen-bond donors (Lipinski definition) is 0. The summed E-state index contributed by atoms with van der Waals surface area (Å²) in [6.07, 6.45) is 0.656. The van der Waals surface area contributed by atoms with Crippen molar-refractivity contribution in [2.75, 3.05) is 0 Å². The molecule has 2 heterocycles. The van der Waals surface area contributed by atoms with Crippen LogP contribution in [-0.4, -0.2) is 16.3 Å². The van der Waals surface area contributed by atoms with Gasteiger partial charge in [-0.05, 0) is 19.1 Å². The molecule has 0 spiro atoms. The zero-order valence-electron chi connectivity index (χ0n) is 7.79. The highest BCUT2D eigenvalue weighted by atomic mass is 35.5. The molecule has 2 rings (SSSR count). The number of halogens is 2. The average Bonchev–Trinajstić information content (AvgIpc) is 2.25. The molecule has 0 saturated carbocycles. The molecule has 0 atom stereocenters. The van der Waals surface area contributed by atoms with Gasteiger partial charge in [0.2, 0.25) is 0 Å². The molecule has 0 aliphatic heterocycles. The van der Waals surface area contributed by atoms with Crippen molar-refractivity contribution in [3.8, 4) is 0 Å². The molecule has 0 saturated heterocycles. The zero-order valence-corrected chi connectivity index (χ0v) is 9.30. The zero-order chi connectivity index (χ0) is 11.0. The van der Waals surface area contributed by atoms with E-state index in [0.717, 1.165) is 0 Å². The summed E-state index contributed by atoms with van der Waals surface area (Å²) in [4.78, 5) is 18.6. The number of fused-ring (bicyclic) bond motifs is 1. The van der Waals surface area contributed by atoms with E-state index in [0.29, 0.717) is 38.8 Å². The second-order valence-electron chi connectivity index (χ2n) is 3.07. The van der Waals surface area contributed by atoms with Crippen LogP contribution < -0.4 is 0 Å². The van der Waals surface area contributed by atoms with E-state index in [2.05, 4.69) is 9.97 Å². The monoisotopic (exact) mass is 240 g/mol. The fourth-order valence-electron chi connectivity index (χ4n) is 1.25. The van der Waals surface area contributed by atoms with Crippen molar-refractivity contribution in [1.82, 2.24) is 9.97 Å². The second kappa shape index (κ2) is 3.76. The molecule has 2 aromatic heterocycles. The predicted molar refractivity (Wildman–Crippen MR) is 59.7 cm³/mol. The van der Waals surface area contributed by atoms with Crippen LogP contribution in [0.2, 0.25) is 10.2 Å². The van der Waals surface area contributed by atoms with Crippen molar-refractivity contribution in [1.29, 1.82) is 0 Å². The van der Waals surface area contributed by atoms with E-state index in [1.165, 1.54) is 0 Å². The summed E-state index contributed by atoms with van der Waals surface area (Å²) in [5.41, 5.74) is 1.41. The second-order valence-corrected chi connectivity index (χ2v) is 3.80. The van der Waals surface area contributed by atoms with Gasteiger partial charge in [-0.3, -0.25) is 4.79 Å². The smallest absolute Gasteiger partial charge is 0.168 e. The molecule has 76 valence electrons. The highest BCUT2D eigenvalue weighted by molar-refractivity contribution is 6.38. The van der Waals surface area contributed by atoms with Gasteiger partial charge in [-0.1, -0.05) is 23.2 Å². The van der Waals surface area contributed by atoms with Crippen molar-refractivity contribution in [2.24, 2.45) is 0 Å². The van der Waals surface area contributed by atoms with Crippen LogP contribution in [0.5, 0.6) is 0 Å². The number of aldehydes is 1. The predicted octanol–water partition coefficient (Wildman–Crippen LogP) is 3.06. The highest BCUT2D eigenvalue weighted by Crippen LogP contribution is 2.28. The van der Waals surface area contributed by atoms with Crippen molar-refractivity contribution < 1.29 is 4.79 Å². The molecule has 3 nitrogen and oxygen atoms in total. The summed E-state index contributed by atoms with van der Waals surface area (Å²) < 4.78 is 0. The number of hydrogen-bond acceptors (Lipinski definition) is 3. The molecule has 2 aromatic rings. The van der Waals surface area contributed by atoms with Crippen LogP contribution in [0.4, 0.5) is 0 Å². The highest BCUT2D eigenvalue weighted by Gasteiger charge is 2.09. The first-order chi connectivity index (χ1) is 7.13. The summed E-state index contributed by atoms with van der Waals surface area (Å²) >= 11 is 11.9. The van der Waals surface area contributed by atoms with Gasteiger partial charge < -0.3 is 0 Å². The van der Waals surface area contributed by atoms with Gasteiger partial charge in [0.1, 0.15) is 10.8 Å². The van der Waals surface area contributed by atoms with Gasteiger partial charge in [0, 0.05) is 10.9 Å². The summed E-state index contributed by atoms with van der Waals surface area (Å²) in [5.74, 6) is 0. The Morgan fingerprint density at radius 2 is 2.00 bits per heavy atom. The number of carbonyl (C=O) groups excluding carboxylic acids is 1. The Morgan fingerprint density at radius 1 is 1.27 bits per heavy atom. The van der Waals surface area contributed by atoms with E-state index in [4.69, 9.17) is 23.2 Å². The van der Waals surface area contributed by atoms with E-state index >= 15 is 0 Å². The molecule has 0 aromatic carbocycles. The van der Waals surface area contributed by atoms with Crippen molar-refractivity contribution in [3.05, 3.63) is 33.6 Å². The summed E-state index contributed by atoms with van der Waals surface area (Å²) in [6, 6.07) is 3.31. The minimum Gasteiger partial charge on any atom is -0.296 e. The van der Waals surface area contributed by atoms with Gasteiger partial charge in [0.05, 0.1) is 5.02 Å². The van der Waals surface area contributed by atoms with Crippen LogP contribution in [0.25, 0.3) is 11.0 Å². The third-order valence-corrected chi connectivity index (χ3v) is 2.95. The van der Waals surface area contributed by atoms with Gasteiger partial charge in [0.15, 0.2) is 11.9 Å². The average molecular weight is 241 g/mol. The Balaban J connectivity index is 2.86. The van der Waals surface area contributed by atoms with Crippen LogP contribution in [0.1, 0.15) is 16.1 Å². The van der Waals surface area contributed by atoms with Crippen LogP contribution >= 0.6 is 23.2 Å². The van der Waals surface area contributed by atoms with Gasteiger partial charge in [-0.25, -0.2) is 9.97 Å². The standard InChI is InChI=1S/C10H6Cl2N2O/c1-5-8(11)7-3-2-6(4-15)13-10(7)14-9(5)12/h2-4H,1H3. The minimum absolute atomic E-state index is 0.308. The molecule has 0 aliphatic rings. The van der Waals surface area contributed by atoms with Crippen molar-refractivity contribution in [2.45, 2.75) is 6.92 Å². The lowest BCUT2D eigenvalue weighted by atomic mass is 10.2. The Morgan fingerprint density at radius 3 is 2.67 bits per heavy atom. The Kier molecular flexibility index (Phi) is 2.59. The van der Waals surface area contributed by atoms with Gasteiger partial charge in [0.25, 0.3) is 0 Å². The first-order valence-corrected chi connectivity index (χ1v) is 4.96. The fraction of sp³-hybridized carbons (Fsp3) is 0.100. The van der Waals surface area contributed by atoms with Crippen LogP contribution in [0.15, 0.2) is 12.1 Å². The number of nitrogens with zero attached hydrogens (tertiary/aromatic N) is 2. The largest absolute Gasteiger partial charge is 0.296 e. The molecule has 0 aliphatic carbocycles. The Bertz CT molecular complexity index is 555. The maximum absolute atomic E-state index is 10.5. The first-order valence-electron chi connectivity index (χ1n) is 4.21. The van der Waals surface area contributed by atoms with Crippen LogP contribution in [-0.2, 0) is 0 Å². The molecular formula is C10H6Cl2N2O. The molecule has 0 unspecified atom stereocenters. The van der Waals surface area contributed by atoms with Gasteiger partial charge >= 0.3 is 0 Å². The van der Waals surface area contributed by atoms with E-state index in [9.17, 15) is 4.79 Å². The molecule has 0 bridgehead atoms. The third kappa shape index (κ3) is 1.68. The van der Waals surface area contributed by atoms with Crippen LogP contribution in [0.3, 0.4) is 0 Å². The number of rotatable bonds is 1. The Hall–Kier alpha value is -1.19. The van der Waals surface area contributed by atoms with Gasteiger partial charge in [-0.15, -0.1) is 0 Å². The van der Waals surface area contributed by atoms with E-state index in [-0.39, 0.29) is 0 Å². The van der Waals surface area contributed by atoms with Crippen LogP contribution in [0, 0.1) is 6.92 Å². The maximum Gasteiger partial charge on any atom is 0.168 e. The topological polar surface area (TPSA) is 42.9 Å². The molecular weight excluding hydrogens is 235 g/mol. The summed E-state index contributed by atoms with van der Waals surface area (Å²) in [7, 11) is 0. The third-order valence-electron chi connectivity index (χ3n) is 2.10. The molecule has 0 radical (unpaired) electrons. The number of aromatic nitrogens is 2. The van der Waals surface area contributed by atoms with Crippen molar-refractivity contribution in [3.63, 3.8) is 0 Å². The van der Waals surface area contributed by atoms with E-state index < -0.39 is 0 Å².